The molecule has 1 aromatic heterocycles. The quantitative estimate of drug-likeness (QED) is 0.802. The average Bonchev–Trinajstić information content (AvgIpc) is 2.80. The summed E-state index contributed by atoms with van der Waals surface area (Å²) >= 11 is 1.36. The lowest BCUT2D eigenvalue weighted by atomic mass is 10.2. The Hall–Kier alpha value is -1.75. The molecular weight excluding hydrogens is 227 g/mol. The number of benzene rings is 1. The van der Waals surface area contributed by atoms with Crippen molar-refractivity contribution < 1.29 is 9.18 Å². The highest BCUT2D eigenvalue weighted by atomic mass is 32.1. The summed E-state index contributed by atoms with van der Waals surface area (Å²) < 4.78 is 12.9. The van der Waals surface area contributed by atoms with Gasteiger partial charge in [0.15, 0.2) is 5.13 Å². The van der Waals surface area contributed by atoms with Gasteiger partial charge in [-0.15, -0.1) is 11.3 Å². The Balaban J connectivity index is 2.26. The molecule has 0 saturated carbocycles. The van der Waals surface area contributed by atoms with Crippen molar-refractivity contribution in [1.29, 1.82) is 0 Å². The van der Waals surface area contributed by atoms with E-state index in [9.17, 15) is 9.18 Å². The lowest BCUT2D eigenvalue weighted by Gasteiger charge is -2.13. The number of hydrogen-bond donors (Lipinski definition) is 0. The summed E-state index contributed by atoms with van der Waals surface area (Å²) in [7, 11) is 1.62. The fourth-order valence-corrected chi connectivity index (χ4v) is 1.89. The van der Waals surface area contributed by atoms with Gasteiger partial charge in [-0.2, -0.15) is 0 Å². The number of nitrogens with zero attached hydrogens (tertiary/aromatic N) is 2. The summed E-state index contributed by atoms with van der Waals surface area (Å²) in [4.78, 5) is 17.3. The second kappa shape index (κ2) is 4.40. The number of thiazole rings is 1. The summed E-state index contributed by atoms with van der Waals surface area (Å²) in [5.41, 5.74) is 0.317. The number of rotatable bonds is 2. The van der Waals surface area contributed by atoms with Crippen LogP contribution >= 0.6 is 11.3 Å². The van der Waals surface area contributed by atoms with Gasteiger partial charge in [-0.05, 0) is 18.2 Å². The Morgan fingerprint density at radius 3 is 2.94 bits per heavy atom. The fraction of sp³-hybridized carbons (Fsp3) is 0.0909. The topological polar surface area (TPSA) is 33.2 Å². The smallest absolute Gasteiger partial charge is 0.259 e. The molecule has 82 valence electrons. The van der Waals surface area contributed by atoms with Crippen LogP contribution in [0.3, 0.4) is 0 Å². The molecule has 16 heavy (non-hydrogen) atoms. The van der Waals surface area contributed by atoms with Gasteiger partial charge in [0.2, 0.25) is 0 Å². The van der Waals surface area contributed by atoms with Gasteiger partial charge < -0.3 is 0 Å². The van der Waals surface area contributed by atoms with Crippen LogP contribution < -0.4 is 4.90 Å². The van der Waals surface area contributed by atoms with Crippen LogP contribution in [0.25, 0.3) is 0 Å². The third kappa shape index (κ3) is 2.09. The lowest BCUT2D eigenvalue weighted by Crippen LogP contribution is -2.26. The van der Waals surface area contributed by atoms with Crippen LogP contribution in [-0.2, 0) is 0 Å². The molecule has 0 fully saturated rings. The molecule has 2 rings (SSSR count). The van der Waals surface area contributed by atoms with Crippen LogP contribution in [0.2, 0.25) is 0 Å². The first kappa shape index (κ1) is 10.8. The van der Waals surface area contributed by atoms with Crippen molar-refractivity contribution >= 4 is 22.4 Å². The van der Waals surface area contributed by atoms with E-state index in [1.165, 1.54) is 34.4 Å². The first-order chi connectivity index (χ1) is 7.68. The van der Waals surface area contributed by atoms with E-state index in [-0.39, 0.29) is 5.91 Å². The first-order valence-corrected chi connectivity index (χ1v) is 5.49. The van der Waals surface area contributed by atoms with Gasteiger partial charge in [0, 0.05) is 24.2 Å². The van der Waals surface area contributed by atoms with E-state index in [0.717, 1.165) is 0 Å². The van der Waals surface area contributed by atoms with Crippen molar-refractivity contribution in [3.05, 3.63) is 47.2 Å². The molecule has 0 unspecified atom stereocenters. The van der Waals surface area contributed by atoms with Crippen molar-refractivity contribution in [2.75, 3.05) is 11.9 Å². The van der Waals surface area contributed by atoms with Crippen molar-refractivity contribution in [1.82, 2.24) is 4.98 Å². The predicted octanol–water partition coefficient (Wildman–Crippen LogP) is 2.56. The molecule has 0 spiro atoms. The molecule has 0 aliphatic heterocycles. The molecule has 0 bridgehead atoms. The summed E-state index contributed by atoms with van der Waals surface area (Å²) in [6.07, 6.45) is 1.62. The highest BCUT2D eigenvalue weighted by Gasteiger charge is 2.15. The maximum Gasteiger partial charge on any atom is 0.259 e. The SMILES string of the molecule is CN(C(=O)c1cccc(F)c1)c1nccs1. The predicted molar refractivity (Wildman–Crippen MR) is 61.2 cm³/mol. The third-order valence-electron chi connectivity index (χ3n) is 2.08. The van der Waals surface area contributed by atoms with Crippen molar-refractivity contribution in [3.63, 3.8) is 0 Å². The molecule has 1 aromatic carbocycles. The Morgan fingerprint density at radius 1 is 1.50 bits per heavy atom. The third-order valence-corrected chi connectivity index (χ3v) is 2.93. The zero-order valence-electron chi connectivity index (χ0n) is 8.55. The van der Waals surface area contributed by atoms with Gasteiger partial charge in [-0.3, -0.25) is 9.69 Å². The molecule has 5 heteroatoms. The van der Waals surface area contributed by atoms with Crippen LogP contribution in [0.4, 0.5) is 9.52 Å². The van der Waals surface area contributed by atoms with E-state index in [4.69, 9.17) is 0 Å². The molecular formula is C11H9FN2OS. The Labute approximate surface area is 96.2 Å². The molecule has 0 aliphatic rings. The number of amides is 1. The van der Waals surface area contributed by atoms with Gasteiger partial charge in [0.05, 0.1) is 0 Å². The van der Waals surface area contributed by atoms with Crippen LogP contribution in [0.1, 0.15) is 10.4 Å². The molecule has 2 aromatic rings. The minimum atomic E-state index is -0.418. The molecule has 0 radical (unpaired) electrons. The van der Waals surface area contributed by atoms with Gasteiger partial charge in [-0.1, -0.05) is 6.07 Å². The molecule has 1 amide bonds. The van der Waals surface area contributed by atoms with E-state index in [2.05, 4.69) is 4.98 Å². The van der Waals surface area contributed by atoms with Gasteiger partial charge in [0.1, 0.15) is 5.82 Å². The molecule has 1 heterocycles. The number of carbonyl (C=O) groups excluding carboxylic acids is 1. The van der Waals surface area contributed by atoms with Gasteiger partial charge in [-0.25, -0.2) is 9.37 Å². The largest absolute Gasteiger partial charge is 0.287 e. The molecule has 3 nitrogen and oxygen atoms in total. The summed E-state index contributed by atoms with van der Waals surface area (Å²) in [6, 6.07) is 5.61. The van der Waals surface area contributed by atoms with Crippen LogP contribution in [-0.4, -0.2) is 17.9 Å². The standard InChI is InChI=1S/C11H9FN2OS/c1-14(11-13-5-6-16-11)10(15)8-3-2-4-9(12)7-8/h2-7H,1H3. The molecule has 0 aliphatic carbocycles. The highest BCUT2D eigenvalue weighted by Crippen LogP contribution is 2.18. The number of halogens is 1. The van der Waals surface area contributed by atoms with E-state index in [1.807, 2.05) is 0 Å². The zero-order valence-corrected chi connectivity index (χ0v) is 9.37. The summed E-state index contributed by atoms with van der Waals surface area (Å²) in [5.74, 6) is -0.687. The number of carbonyl (C=O) groups is 1. The van der Waals surface area contributed by atoms with E-state index in [1.54, 1.807) is 24.7 Å². The second-order valence-electron chi connectivity index (χ2n) is 3.19. The van der Waals surface area contributed by atoms with Crippen molar-refractivity contribution in [3.8, 4) is 0 Å². The van der Waals surface area contributed by atoms with Crippen LogP contribution in [0.15, 0.2) is 35.8 Å². The number of hydrogen-bond acceptors (Lipinski definition) is 3. The number of anilines is 1. The van der Waals surface area contributed by atoms with Crippen LogP contribution in [0.5, 0.6) is 0 Å². The van der Waals surface area contributed by atoms with Crippen molar-refractivity contribution in [2.45, 2.75) is 0 Å². The monoisotopic (exact) mass is 236 g/mol. The minimum Gasteiger partial charge on any atom is -0.287 e. The maximum absolute atomic E-state index is 12.9. The minimum absolute atomic E-state index is 0.269. The average molecular weight is 236 g/mol. The highest BCUT2D eigenvalue weighted by molar-refractivity contribution is 7.13. The number of aromatic nitrogens is 1. The van der Waals surface area contributed by atoms with Crippen LogP contribution in [0, 0.1) is 5.82 Å². The van der Waals surface area contributed by atoms with Crippen molar-refractivity contribution in [2.24, 2.45) is 0 Å². The molecule has 0 atom stereocenters. The Morgan fingerprint density at radius 2 is 2.31 bits per heavy atom. The van der Waals surface area contributed by atoms with Gasteiger partial charge >= 0.3 is 0 Å². The van der Waals surface area contributed by atoms with E-state index >= 15 is 0 Å². The Kier molecular flexibility index (Phi) is 2.96. The molecule has 0 N–H and O–H groups in total. The Bertz CT molecular complexity index is 498. The zero-order chi connectivity index (χ0) is 11.5. The second-order valence-corrected chi connectivity index (χ2v) is 4.06. The first-order valence-electron chi connectivity index (χ1n) is 4.61. The molecule has 0 saturated heterocycles. The fourth-order valence-electron chi connectivity index (χ4n) is 1.28. The lowest BCUT2D eigenvalue weighted by molar-refractivity contribution is 0.0992. The van der Waals surface area contributed by atoms with E-state index < -0.39 is 5.82 Å². The maximum atomic E-state index is 12.9. The van der Waals surface area contributed by atoms with Gasteiger partial charge in [0.25, 0.3) is 5.91 Å². The summed E-state index contributed by atoms with van der Waals surface area (Å²) in [5, 5.41) is 2.37. The van der Waals surface area contributed by atoms with E-state index in [0.29, 0.717) is 10.7 Å². The normalized spacial score (nSPS) is 10.1. The summed E-state index contributed by atoms with van der Waals surface area (Å²) in [6.45, 7) is 0.